The van der Waals surface area contributed by atoms with Gasteiger partial charge in [0.1, 0.15) is 17.5 Å². The summed E-state index contributed by atoms with van der Waals surface area (Å²) >= 11 is 0. The third kappa shape index (κ3) is 5.79. The van der Waals surface area contributed by atoms with Gasteiger partial charge in [0.25, 0.3) is 5.91 Å². The summed E-state index contributed by atoms with van der Waals surface area (Å²) in [4.78, 5) is 23.9. The van der Waals surface area contributed by atoms with Crippen LogP contribution in [0.1, 0.15) is 21.5 Å². The number of nitrogens with one attached hydrogen (secondary N) is 2. The summed E-state index contributed by atoms with van der Waals surface area (Å²) in [5, 5.41) is 6.20. The van der Waals surface area contributed by atoms with Gasteiger partial charge >= 0.3 is 0 Å². The van der Waals surface area contributed by atoms with Gasteiger partial charge in [-0.2, -0.15) is 0 Å². The van der Waals surface area contributed by atoms with Gasteiger partial charge in [-0.3, -0.25) is 9.78 Å². The molecule has 1 aliphatic rings. The van der Waals surface area contributed by atoms with E-state index < -0.39 is 0 Å². The Bertz CT molecular complexity index is 1040. The van der Waals surface area contributed by atoms with Gasteiger partial charge in [-0.1, -0.05) is 18.2 Å². The smallest absolute Gasteiger partial charge is 0.255 e. The highest BCUT2D eigenvalue weighted by Crippen LogP contribution is 2.21. The summed E-state index contributed by atoms with van der Waals surface area (Å²) in [5.74, 6) is 0.827. The fourth-order valence-corrected chi connectivity index (χ4v) is 3.53. The lowest BCUT2D eigenvalue weighted by Gasteiger charge is -2.28. The van der Waals surface area contributed by atoms with Crippen molar-refractivity contribution in [2.75, 3.05) is 43.1 Å². The molecule has 3 heterocycles. The maximum Gasteiger partial charge on any atom is 0.255 e. The average molecular weight is 436 g/mol. The number of pyridine rings is 2. The van der Waals surface area contributed by atoms with Crippen LogP contribution in [0.4, 0.5) is 16.0 Å². The Labute approximate surface area is 186 Å². The zero-order valence-corrected chi connectivity index (χ0v) is 17.8. The molecule has 0 spiro atoms. The predicted molar refractivity (Wildman–Crippen MR) is 121 cm³/mol. The first kappa shape index (κ1) is 21.7. The van der Waals surface area contributed by atoms with E-state index in [1.807, 2.05) is 24.3 Å². The molecule has 166 valence electrons. The average Bonchev–Trinajstić information content (AvgIpc) is 2.84. The fourth-order valence-electron chi connectivity index (χ4n) is 3.53. The lowest BCUT2D eigenvalue weighted by Crippen LogP contribution is -2.37. The van der Waals surface area contributed by atoms with Crippen molar-refractivity contribution in [3.63, 3.8) is 0 Å². The Hall–Kier alpha value is -3.52. The van der Waals surface area contributed by atoms with Gasteiger partial charge in [0.15, 0.2) is 0 Å². The number of halogens is 1. The van der Waals surface area contributed by atoms with Crippen molar-refractivity contribution in [1.82, 2.24) is 15.3 Å². The third-order valence-electron chi connectivity index (χ3n) is 5.23. The van der Waals surface area contributed by atoms with Crippen molar-refractivity contribution in [3.8, 4) is 0 Å². The van der Waals surface area contributed by atoms with Crippen LogP contribution in [0.25, 0.3) is 0 Å². The van der Waals surface area contributed by atoms with E-state index in [-0.39, 0.29) is 11.7 Å². The van der Waals surface area contributed by atoms with Gasteiger partial charge in [-0.05, 0) is 47.9 Å². The van der Waals surface area contributed by atoms with Crippen molar-refractivity contribution in [2.45, 2.75) is 13.0 Å². The topological polar surface area (TPSA) is 79.4 Å². The molecule has 0 unspecified atom stereocenters. The molecule has 0 aliphatic carbocycles. The molecule has 4 rings (SSSR count). The van der Waals surface area contributed by atoms with Gasteiger partial charge in [0.05, 0.1) is 18.8 Å². The number of carbonyl (C=O) groups is 1. The van der Waals surface area contributed by atoms with Crippen LogP contribution in [0.5, 0.6) is 0 Å². The van der Waals surface area contributed by atoms with Crippen molar-refractivity contribution < 1.29 is 13.9 Å². The maximum atomic E-state index is 13.5. The van der Waals surface area contributed by atoms with Crippen LogP contribution in [0.15, 0.2) is 60.9 Å². The third-order valence-corrected chi connectivity index (χ3v) is 5.23. The second-order valence-electron chi connectivity index (χ2n) is 7.52. The van der Waals surface area contributed by atoms with Crippen molar-refractivity contribution in [2.24, 2.45) is 0 Å². The molecule has 8 heteroatoms. The first-order valence-corrected chi connectivity index (χ1v) is 10.7. The minimum Gasteiger partial charge on any atom is -0.378 e. The van der Waals surface area contributed by atoms with Crippen LogP contribution in [0.2, 0.25) is 0 Å². The van der Waals surface area contributed by atoms with E-state index in [0.717, 1.165) is 30.0 Å². The number of nitrogens with zero attached hydrogens (tertiary/aromatic N) is 3. The molecular formula is C24H26FN5O2. The van der Waals surface area contributed by atoms with Crippen LogP contribution in [0.3, 0.4) is 0 Å². The highest BCUT2D eigenvalue weighted by Gasteiger charge is 2.18. The molecule has 3 aromatic rings. The molecule has 0 radical (unpaired) electrons. The zero-order chi connectivity index (χ0) is 22.2. The minimum absolute atomic E-state index is 0.219. The number of amides is 1. The monoisotopic (exact) mass is 435 g/mol. The molecule has 0 saturated carbocycles. The van der Waals surface area contributed by atoms with E-state index in [9.17, 15) is 9.18 Å². The molecule has 2 N–H and O–H groups in total. The van der Waals surface area contributed by atoms with Gasteiger partial charge < -0.3 is 20.3 Å². The Morgan fingerprint density at radius 3 is 2.72 bits per heavy atom. The van der Waals surface area contributed by atoms with Crippen molar-refractivity contribution >= 4 is 17.5 Å². The van der Waals surface area contributed by atoms with E-state index in [1.165, 1.54) is 12.1 Å². The van der Waals surface area contributed by atoms with Crippen LogP contribution >= 0.6 is 0 Å². The Balaban J connectivity index is 1.48. The second-order valence-corrected chi connectivity index (χ2v) is 7.52. The SMILES string of the molecule is O=C(NCc1cccnc1)c1ccc(N2CCOCC2)nc1NCCc1cccc(F)c1. The first-order chi connectivity index (χ1) is 15.7. The molecule has 1 saturated heterocycles. The summed E-state index contributed by atoms with van der Waals surface area (Å²) in [6, 6.07) is 13.9. The van der Waals surface area contributed by atoms with Crippen LogP contribution in [0, 0.1) is 5.82 Å². The van der Waals surface area contributed by atoms with Gasteiger partial charge in [0, 0.05) is 38.6 Å². The van der Waals surface area contributed by atoms with Crippen LogP contribution < -0.4 is 15.5 Å². The highest BCUT2D eigenvalue weighted by atomic mass is 19.1. The first-order valence-electron chi connectivity index (χ1n) is 10.7. The summed E-state index contributed by atoms with van der Waals surface area (Å²) in [6.45, 7) is 3.70. The van der Waals surface area contributed by atoms with E-state index in [2.05, 4.69) is 20.5 Å². The molecule has 32 heavy (non-hydrogen) atoms. The summed E-state index contributed by atoms with van der Waals surface area (Å²) in [6.07, 6.45) is 4.02. The van der Waals surface area contributed by atoms with E-state index in [0.29, 0.717) is 44.1 Å². The number of ether oxygens (including phenoxy) is 1. The molecule has 1 aromatic carbocycles. The molecule has 0 bridgehead atoms. The Kier molecular flexibility index (Phi) is 7.24. The number of rotatable bonds is 8. The Morgan fingerprint density at radius 2 is 1.94 bits per heavy atom. The number of hydrogen-bond acceptors (Lipinski definition) is 6. The number of aromatic nitrogens is 2. The quantitative estimate of drug-likeness (QED) is 0.566. The second kappa shape index (κ2) is 10.7. The van der Waals surface area contributed by atoms with E-state index >= 15 is 0 Å². The summed E-state index contributed by atoms with van der Waals surface area (Å²) < 4.78 is 18.9. The summed E-state index contributed by atoms with van der Waals surface area (Å²) in [7, 11) is 0. The summed E-state index contributed by atoms with van der Waals surface area (Å²) in [5.41, 5.74) is 2.26. The van der Waals surface area contributed by atoms with E-state index in [4.69, 9.17) is 9.72 Å². The number of morpholine rings is 1. The lowest BCUT2D eigenvalue weighted by molar-refractivity contribution is 0.0951. The maximum absolute atomic E-state index is 13.5. The number of carbonyl (C=O) groups excluding carboxylic acids is 1. The predicted octanol–water partition coefficient (Wildman–Crippen LogP) is 3.04. The molecular weight excluding hydrogens is 409 g/mol. The van der Waals surface area contributed by atoms with Gasteiger partial charge in [0.2, 0.25) is 0 Å². The zero-order valence-electron chi connectivity index (χ0n) is 17.8. The molecule has 0 atom stereocenters. The number of benzene rings is 1. The lowest BCUT2D eigenvalue weighted by atomic mass is 10.1. The molecule has 7 nitrogen and oxygen atoms in total. The van der Waals surface area contributed by atoms with Crippen molar-refractivity contribution in [1.29, 1.82) is 0 Å². The minimum atomic E-state index is -0.259. The van der Waals surface area contributed by atoms with Crippen LogP contribution in [-0.4, -0.2) is 48.7 Å². The molecule has 1 amide bonds. The van der Waals surface area contributed by atoms with E-state index in [1.54, 1.807) is 24.5 Å². The largest absolute Gasteiger partial charge is 0.378 e. The molecule has 1 fully saturated rings. The van der Waals surface area contributed by atoms with Gasteiger partial charge in [-0.25, -0.2) is 9.37 Å². The molecule has 1 aliphatic heterocycles. The highest BCUT2D eigenvalue weighted by molar-refractivity contribution is 5.99. The Morgan fingerprint density at radius 1 is 1.09 bits per heavy atom. The normalized spacial score (nSPS) is 13.6. The van der Waals surface area contributed by atoms with Crippen LogP contribution in [-0.2, 0) is 17.7 Å². The number of anilines is 2. The van der Waals surface area contributed by atoms with Crippen molar-refractivity contribution in [3.05, 3.63) is 83.4 Å². The molecule has 2 aromatic heterocycles. The number of hydrogen-bond donors (Lipinski definition) is 2. The fraction of sp³-hybridized carbons (Fsp3) is 0.292. The standard InChI is InChI=1S/C24H26FN5O2/c25-20-5-1-3-18(15-20)8-10-27-23-21(24(31)28-17-19-4-2-9-26-16-19)6-7-22(29-23)30-11-13-32-14-12-30/h1-7,9,15-16H,8,10-14,17H2,(H,27,29)(H,28,31). The van der Waals surface area contributed by atoms with Gasteiger partial charge in [-0.15, -0.1) is 0 Å².